The van der Waals surface area contributed by atoms with Gasteiger partial charge < -0.3 is 15.1 Å². The summed E-state index contributed by atoms with van der Waals surface area (Å²) in [6, 6.07) is 15.0. The highest BCUT2D eigenvalue weighted by Crippen LogP contribution is 2.25. The van der Waals surface area contributed by atoms with Crippen LogP contribution in [0, 0.1) is 0 Å². The van der Waals surface area contributed by atoms with E-state index in [9.17, 15) is 9.59 Å². The summed E-state index contributed by atoms with van der Waals surface area (Å²) < 4.78 is 0. The zero-order valence-electron chi connectivity index (χ0n) is 20.3. The minimum Gasteiger partial charge on any atom is -0.335 e. The number of halogens is 2. The van der Waals surface area contributed by atoms with Crippen LogP contribution in [0.3, 0.4) is 0 Å². The van der Waals surface area contributed by atoms with Crippen LogP contribution in [0.4, 0.5) is 10.5 Å². The molecule has 0 radical (unpaired) electrons. The van der Waals surface area contributed by atoms with Gasteiger partial charge in [-0.1, -0.05) is 53.5 Å². The topological polar surface area (TPSA) is 68.8 Å². The fourth-order valence-corrected chi connectivity index (χ4v) is 5.06. The van der Waals surface area contributed by atoms with E-state index in [1.165, 1.54) is 16.9 Å². The molecule has 36 heavy (non-hydrogen) atoms. The number of carbonyl (C=O) groups excluding carboxylic acids is 2. The standard InChI is InChI=1S/C26H29Cl2N5O2S/c1-18(2)33(26(35)29-20-8-9-21(27)22(28)14-20)16-24-30-23(17-36-24)25(34)32-12-10-31(11-13-32)15-19-6-4-3-5-7-19/h3-9,14,17-18H,10-13,15-16H2,1-2H3,(H,29,35). The van der Waals surface area contributed by atoms with Gasteiger partial charge in [-0.05, 0) is 37.6 Å². The Bertz CT molecular complexity index is 1200. The maximum absolute atomic E-state index is 13.1. The predicted octanol–water partition coefficient (Wildman–Crippen LogP) is 5.85. The lowest BCUT2D eigenvalue weighted by molar-refractivity contribution is 0.0623. The molecule has 0 saturated carbocycles. The van der Waals surface area contributed by atoms with Crippen LogP contribution in [-0.4, -0.2) is 63.8 Å². The molecule has 3 amide bonds. The zero-order valence-corrected chi connectivity index (χ0v) is 22.6. The Labute approximate surface area is 225 Å². The third-order valence-electron chi connectivity index (χ3n) is 6.04. The quantitative estimate of drug-likeness (QED) is 0.404. The van der Waals surface area contributed by atoms with Crippen LogP contribution >= 0.6 is 34.5 Å². The maximum atomic E-state index is 13.1. The molecule has 2 aromatic carbocycles. The highest BCUT2D eigenvalue weighted by atomic mass is 35.5. The Morgan fingerprint density at radius 2 is 1.78 bits per heavy atom. The number of aromatic nitrogens is 1. The van der Waals surface area contributed by atoms with Crippen molar-refractivity contribution in [3.05, 3.63) is 80.2 Å². The molecule has 3 aromatic rings. The van der Waals surface area contributed by atoms with E-state index in [0.29, 0.717) is 46.1 Å². The number of nitrogens with zero attached hydrogens (tertiary/aromatic N) is 4. The molecule has 1 aromatic heterocycles. The van der Waals surface area contributed by atoms with Crippen LogP contribution in [0.25, 0.3) is 0 Å². The lowest BCUT2D eigenvalue weighted by Crippen LogP contribution is -2.48. The van der Waals surface area contributed by atoms with Gasteiger partial charge in [0.05, 0.1) is 16.6 Å². The van der Waals surface area contributed by atoms with Crippen molar-refractivity contribution in [2.75, 3.05) is 31.5 Å². The second kappa shape index (κ2) is 12.1. The Balaban J connectivity index is 1.33. The van der Waals surface area contributed by atoms with Crippen molar-refractivity contribution >= 4 is 52.2 Å². The number of benzene rings is 2. The average Bonchev–Trinajstić information content (AvgIpc) is 3.34. The SMILES string of the molecule is CC(C)N(Cc1nc(C(=O)N2CCN(Cc3ccccc3)CC2)cs1)C(=O)Nc1ccc(Cl)c(Cl)c1. The van der Waals surface area contributed by atoms with Gasteiger partial charge in [0.15, 0.2) is 0 Å². The van der Waals surface area contributed by atoms with Crippen molar-refractivity contribution < 1.29 is 9.59 Å². The van der Waals surface area contributed by atoms with Crippen molar-refractivity contribution in [1.82, 2.24) is 19.7 Å². The van der Waals surface area contributed by atoms with E-state index in [4.69, 9.17) is 23.2 Å². The molecule has 7 nitrogen and oxygen atoms in total. The van der Waals surface area contributed by atoms with Crippen molar-refractivity contribution in [2.24, 2.45) is 0 Å². The smallest absolute Gasteiger partial charge is 0.322 e. The average molecular weight is 547 g/mol. The largest absolute Gasteiger partial charge is 0.335 e. The fraction of sp³-hybridized carbons (Fsp3) is 0.346. The van der Waals surface area contributed by atoms with Gasteiger partial charge in [0.2, 0.25) is 0 Å². The van der Waals surface area contributed by atoms with Crippen LogP contribution in [0.1, 0.15) is 34.9 Å². The number of thiazole rings is 1. The third-order valence-corrected chi connectivity index (χ3v) is 7.61. The number of anilines is 1. The van der Waals surface area contributed by atoms with Crippen molar-refractivity contribution in [3.8, 4) is 0 Å². The molecular formula is C26H29Cl2N5O2S. The van der Waals surface area contributed by atoms with E-state index in [0.717, 1.165) is 19.6 Å². The van der Waals surface area contributed by atoms with Gasteiger partial charge in [-0.15, -0.1) is 11.3 Å². The van der Waals surface area contributed by atoms with Gasteiger partial charge in [-0.2, -0.15) is 0 Å². The molecule has 1 aliphatic rings. The van der Waals surface area contributed by atoms with Gasteiger partial charge in [0, 0.05) is 49.8 Å². The summed E-state index contributed by atoms with van der Waals surface area (Å²) in [5.41, 5.74) is 2.26. The predicted molar refractivity (Wildman–Crippen MR) is 146 cm³/mol. The molecule has 1 aliphatic heterocycles. The van der Waals surface area contributed by atoms with Crippen LogP contribution in [0.5, 0.6) is 0 Å². The monoisotopic (exact) mass is 545 g/mol. The Morgan fingerprint density at radius 1 is 1.06 bits per heavy atom. The molecule has 4 rings (SSSR count). The van der Waals surface area contributed by atoms with Gasteiger partial charge in [-0.25, -0.2) is 9.78 Å². The number of hydrogen-bond acceptors (Lipinski definition) is 5. The summed E-state index contributed by atoms with van der Waals surface area (Å²) >= 11 is 13.4. The van der Waals surface area contributed by atoms with Gasteiger partial charge in [0.25, 0.3) is 5.91 Å². The van der Waals surface area contributed by atoms with Crippen molar-refractivity contribution in [2.45, 2.75) is 33.0 Å². The molecule has 1 fully saturated rings. The number of urea groups is 1. The van der Waals surface area contributed by atoms with Crippen molar-refractivity contribution in [3.63, 3.8) is 0 Å². The van der Waals surface area contributed by atoms with E-state index >= 15 is 0 Å². The molecule has 0 unspecified atom stereocenters. The fourth-order valence-electron chi connectivity index (χ4n) is 4.00. The number of piperazine rings is 1. The third kappa shape index (κ3) is 6.76. The first-order chi connectivity index (χ1) is 17.3. The first kappa shape index (κ1) is 26.4. The van der Waals surface area contributed by atoms with E-state index in [1.54, 1.807) is 28.5 Å². The van der Waals surface area contributed by atoms with Crippen LogP contribution < -0.4 is 5.32 Å². The number of hydrogen-bond donors (Lipinski definition) is 1. The molecule has 0 atom stereocenters. The van der Waals surface area contributed by atoms with Crippen LogP contribution in [0.15, 0.2) is 53.9 Å². The summed E-state index contributed by atoms with van der Waals surface area (Å²) in [6.07, 6.45) is 0. The molecule has 0 spiro atoms. The summed E-state index contributed by atoms with van der Waals surface area (Å²) in [7, 11) is 0. The number of nitrogens with one attached hydrogen (secondary N) is 1. The highest BCUT2D eigenvalue weighted by Gasteiger charge is 2.25. The summed E-state index contributed by atoms with van der Waals surface area (Å²) in [5, 5.41) is 6.14. The maximum Gasteiger partial charge on any atom is 0.322 e. The van der Waals surface area contributed by atoms with E-state index in [1.807, 2.05) is 36.9 Å². The molecule has 0 bridgehead atoms. The molecule has 190 valence electrons. The first-order valence-electron chi connectivity index (χ1n) is 11.8. The van der Waals surface area contributed by atoms with Gasteiger partial charge >= 0.3 is 6.03 Å². The number of rotatable bonds is 7. The Hall–Kier alpha value is -2.65. The molecule has 1 saturated heterocycles. The highest BCUT2D eigenvalue weighted by molar-refractivity contribution is 7.09. The summed E-state index contributed by atoms with van der Waals surface area (Å²) in [5.74, 6) is -0.0618. The van der Waals surface area contributed by atoms with Crippen LogP contribution in [-0.2, 0) is 13.1 Å². The van der Waals surface area contributed by atoms with Crippen molar-refractivity contribution in [1.29, 1.82) is 0 Å². The summed E-state index contributed by atoms with van der Waals surface area (Å²) in [6.45, 7) is 8.05. The molecule has 10 heteroatoms. The zero-order chi connectivity index (χ0) is 25.7. The number of carbonyl (C=O) groups is 2. The van der Waals surface area contributed by atoms with Gasteiger partial charge in [-0.3, -0.25) is 9.69 Å². The summed E-state index contributed by atoms with van der Waals surface area (Å²) in [4.78, 5) is 36.5. The lowest BCUT2D eigenvalue weighted by Gasteiger charge is -2.34. The normalized spacial score (nSPS) is 14.2. The van der Waals surface area contributed by atoms with E-state index in [-0.39, 0.29) is 18.0 Å². The Morgan fingerprint density at radius 3 is 2.44 bits per heavy atom. The molecule has 1 N–H and O–H groups in total. The van der Waals surface area contributed by atoms with E-state index in [2.05, 4.69) is 27.3 Å². The first-order valence-corrected chi connectivity index (χ1v) is 13.5. The Kier molecular flexibility index (Phi) is 8.85. The molecule has 2 heterocycles. The second-order valence-electron chi connectivity index (χ2n) is 8.96. The minimum atomic E-state index is -0.277. The minimum absolute atomic E-state index is 0.0618. The molecule has 0 aliphatic carbocycles. The van der Waals surface area contributed by atoms with Crippen LogP contribution in [0.2, 0.25) is 10.0 Å². The van der Waals surface area contributed by atoms with E-state index < -0.39 is 0 Å². The van der Waals surface area contributed by atoms with Gasteiger partial charge in [0.1, 0.15) is 10.7 Å². The molecular weight excluding hydrogens is 517 g/mol. The number of amides is 3. The second-order valence-corrected chi connectivity index (χ2v) is 10.7. The lowest BCUT2D eigenvalue weighted by atomic mass is 10.2.